The third-order valence-corrected chi connectivity index (χ3v) is 6.03. The fourth-order valence-electron chi connectivity index (χ4n) is 4.45. The number of hydrogen-bond acceptors (Lipinski definition) is 13. The molecule has 1 fully saturated rings. The van der Waals surface area contributed by atoms with Crippen molar-refractivity contribution in [2.45, 2.75) is 44.6 Å². The number of hydrogen-bond donors (Lipinski definition) is 4. The van der Waals surface area contributed by atoms with Gasteiger partial charge in [-0.2, -0.15) is 0 Å². The Kier molecular flexibility index (Phi) is 5.43. The van der Waals surface area contributed by atoms with Crippen LogP contribution in [0.15, 0.2) is 30.6 Å². The maximum atomic E-state index is 12.8. The molecule has 0 aliphatic carbocycles. The van der Waals surface area contributed by atoms with E-state index in [0.717, 1.165) is 19.1 Å². The molecule has 0 amide bonds. The van der Waals surface area contributed by atoms with Crippen LogP contribution in [0.25, 0.3) is 32.7 Å². The lowest BCUT2D eigenvalue weighted by Gasteiger charge is -2.40. The van der Waals surface area contributed by atoms with Gasteiger partial charge in [-0.1, -0.05) is 0 Å². The van der Waals surface area contributed by atoms with Crippen LogP contribution in [-0.4, -0.2) is 64.2 Å². The van der Waals surface area contributed by atoms with Gasteiger partial charge in [0.2, 0.25) is 17.8 Å². The first-order chi connectivity index (χ1) is 17.0. The molecule has 2 aromatic carbocycles. The number of carbonyl (C=O) groups excluding carboxylic acids is 1. The fraction of sp³-hybridized carbons (Fsp3) is 0.348. The Bertz CT molecular complexity index is 1620. The Morgan fingerprint density at radius 3 is 1.97 bits per heavy atom. The van der Waals surface area contributed by atoms with Crippen molar-refractivity contribution in [3.05, 3.63) is 33.0 Å². The zero-order chi connectivity index (χ0) is 26.0. The number of rotatable bonds is 4. The predicted octanol–water partition coefficient (Wildman–Crippen LogP) is 0.687. The molecule has 190 valence electrons. The average Bonchev–Trinajstić information content (AvgIpc) is 2.81. The number of methoxy groups -OCH3 is 1. The number of esters is 1. The van der Waals surface area contributed by atoms with Crippen molar-refractivity contribution in [2.75, 3.05) is 7.11 Å². The summed E-state index contributed by atoms with van der Waals surface area (Å²) in [6, 6.07) is 2.10. The van der Waals surface area contributed by atoms with E-state index in [0.29, 0.717) is 0 Å². The van der Waals surface area contributed by atoms with Crippen molar-refractivity contribution in [3.8, 4) is 23.0 Å². The molecule has 5 atom stereocenters. The van der Waals surface area contributed by atoms with Crippen molar-refractivity contribution in [1.29, 1.82) is 0 Å². The summed E-state index contributed by atoms with van der Waals surface area (Å²) in [4.78, 5) is 36.9. The van der Waals surface area contributed by atoms with E-state index in [9.17, 15) is 34.8 Å². The first kappa shape index (κ1) is 23.7. The standard InChI is InChI=1S/C23H20O13/c1-6-16(33-7(2)24)14(27)15(28)23(32-6)36-18-11(26)5-9-13-12-8(22(30)35-20(13)18)4-10(25)17(31-3)19(12)34-21(9)29/h4-6,14-16,23,25-28H,1-3H3/t6-,14-,15+,16+,23-/m0/s1. The Morgan fingerprint density at radius 1 is 0.917 bits per heavy atom. The third-order valence-electron chi connectivity index (χ3n) is 6.03. The predicted molar refractivity (Wildman–Crippen MR) is 120 cm³/mol. The van der Waals surface area contributed by atoms with Gasteiger partial charge < -0.3 is 48.2 Å². The molecule has 1 saturated heterocycles. The first-order valence-corrected chi connectivity index (χ1v) is 10.7. The van der Waals surface area contributed by atoms with Crippen molar-refractivity contribution in [2.24, 2.45) is 0 Å². The molecule has 0 radical (unpaired) electrons. The molecule has 36 heavy (non-hydrogen) atoms. The zero-order valence-corrected chi connectivity index (χ0v) is 19.0. The quantitative estimate of drug-likeness (QED) is 0.172. The minimum absolute atomic E-state index is 0.0126. The molecule has 13 heteroatoms. The molecule has 1 aliphatic heterocycles. The van der Waals surface area contributed by atoms with E-state index in [1.54, 1.807) is 0 Å². The summed E-state index contributed by atoms with van der Waals surface area (Å²) in [6.07, 6.45) is -7.11. The molecule has 4 aromatic rings. The van der Waals surface area contributed by atoms with Gasteiger partial charge in [0.1, 0.15) is 12.2 Å². The second-order valence-corrected chi connectivity index (χ2v) is 8.32. The van der Waals surface area contributed by atoms with Crippen LogP contribution in [0.1, 0.15) is 13.8 Å². The number of phenols is 2. The summed E-state index contributed by atoms with van der Waals surface area (Å²) in [5, 5.41) is 41.7. The summed E-state index contributed by atoms with van der Waals surface area (Å²) in [6.45, 7) is 2.59. The lowest BCUT2D eigenvalue weighted by molar-refractivity contribution is -0.272. The molecule has 0 bridgehead atoms. The van der Waals surface area contributed by atoms with E-state index in [-0.39, 0.29) is 38.5 Å². The Labute approximate surface area is 199 Å². The second kappa shape index (κ2) is 8.26. The monoisotopic (exact) mass is 504 g/mol. The third kappa shape index (κ3) is 3.39. The number of aliphatic hydroxyl groups is 2. The molecule has 4 N–H and O–H groups in total. The second-order valence-electron chi connectivity index (χ2n) is 8.32. The Hall–Kier alpha value is -4.07. The van der Waals surface area contributed by atoms with Crippen LogP contribution in [0, 0.1) is 0 Å². The molecule has 13 nitrogen and oxygen atoms in total. The van der Waals surface area contributed by atoms with E-state index in [4.69, 9.17) is 27.8 Å². The van der Waals surface area contributed by atoms with Crippen LogP contribution in [-0.2, 0) is 14.3 Å². The number of carbonyl (C=O) groups is 1. The van der Waals surface area contributed by atoms with Crippen molar-refractivity contribution in [3.63, 3.8) is 0 Å². The van der Waals surface area contributed by atoms with Crippen LogP contribution >= 0.6 is 0 Å². The van der Waals surface area contributed by atoms with Crippen molar-refractivity contribution >= 4 is 38.7 Å². The van der Waals surface area contributed by atoms with E-state index in [2.05, 4.69) is 0 Å². The van der Waals surface area contributed by atoms with Crippen molar-refractivity contribution in [1.82, 2.24) is 0 Å². The molecule has 0 spiro atoms. The van der Waals surface area contributed by atoms with Crippen LogP contribution in [0.4, 0.5) is 0 Å². The smallest absolute Gasteiger partial charge is 0.344 e. The van der Waals surface area contributed by atoms with Gasteiger partial charge in [0, 0.05) is 17.7 Å². The van der Waals surface area contributed by atoms with E-state index < -0.39 is 65.2 Å². The average molecular weight is 504 g/mol. The summed E-state index contributed by atoms with van der Waals surface area (Å²) < 4.78 is 32.0. The lowest BCUT2D eigenvalue weighted by atomic mass is 9.99. The lowest BCUT2D eigenvalue weighted by Crippen LogP contribution is -2.59. The number of aromatic hydroxyl groups is 2. The minimum Gasteiger partial charge on any atom is -0.504 e. The van der Waals surface area contributed by atoms with Gasteiger partial charge in [-0.3, -0.25) is 4.79 Å². The van der Waals surface area contributed by atoms with Gasteiger partial charge in [0.05, 0.1) is 24.0 Å². The minimum atomic E-state index is -1.75. The van der Waals surface area contributed by atoms with Gasteiger partial charge in [-0.05, 0) is 19.1 Å². The molecule has 2 aromatic heterocycles. The fourth-order valence-corrected chi connectivity index (χ4v) is 4.45. The molecule has 1 aliphatic rings. The van der Waals surface area contributed by atoms with Crippen LogP contribution in [0.5, 0.6) is 23.0 Å². The summed E-state index contributed by atoms with van der Waals surface area (Å²) in [7, 11) is 1.23. The number of phenolic OH excluding ortho intramolecular Hbond substituents is 2. The molecular weight excluding hydrogens is 484 g/mol. The van der Waals surface area contributed by atoms with Gasteiger partial charge >= 0.3 is 17.2 Å². The number of benzene rings is 2. The molecular formula is C23H20O13. The van der Waals surface area contributed by atoms with Gasteiger partial charge in [-0.25, -0.2) is 9.59 Å². The summed E-state index contributed by atoms with van der Waals surface area (Å²) in [5.74, 6) is -2.51. The van der Waals surface area contributed by atoms with Gasteiger partial charge in [0.15, 0.2) is 28.8 Å². The summed E-state index contributed by atoms with van der Waals surface area (Å²) in [5.41, 5.74) is -2.52. The Balaban J connectivity index is 1.71. The highest BCUT2D eigenvalue weighted by Crippen LogP contribution is 2.46. The van der Waals surface area contributed by atoms with E-state index in [1.165, 1.54) is 14.0 Å². The normalized spacial score (nSPS) is 24.4. The van der Waals surface area contributed by atoms with Gasteiger partial charge in [-0.15, -0.1) is 0 Å². The maximum absolute atomic E-state index is 12.8. The van der Waals surface area contributed by atoms with Crippen LogP contribution in [0.3, 0.4) is 0 Å². The zero-order valence-electron chi connectivity index (χ0n) is 19.0. The van der Waals surface area contributed by atoms with Gasteiger partial charge in [0.25, 0.3) is 0 Å². The van der Waals surface area contributed by atoms with E-state index in [1.807, 2.05) is 0 Å². The van der Waals surface area contributed by atoms with Crippen LogP contribution < -0.4 is 20.7 Å². The van der Waals surface area contributed by atoms with Crippen molar-refractivity contribution < 1.29 is 53.0 Å². The maximum Gasteiger partial charge on any atom is 0.344 e. The molecule has 3 heterocycles. The largest absolute Gasteiger partial charge is 0.504 e. The topological polar surface area (TPSA) is 195 Å². The highest BCUT2D eigenvalue weighted by Gasteiger charge is 2.46. The number of aliphatic hydroxyl groups excluding tert-OH is 2. The first-order valence-electron chi connectivity index (χ1n) is 10.7. The number of ether oxygens (including phenoxy) is 4. The molecule has 0 unspecified atom stereocenters. The van der Waals surface area contributed by atoms with E-state index >= 15 is 0 Å². The summed E-state index contributed by atoms with van der Waals surface area (Å²) >= 11 is 0. The Morgan fingerprint density at radius 2 is 1.44 bits per heavy atom. The molecule has 5 rings (SSSR count). The van der Waals surface area contributed by atoms with Crippen LogP contribution in [0.2, 0.25) is 0 Å². The SMILES string of the molecule is COc1c(O)cc2c(=O)oc3c(O[C@@H]4O[C@@H](C)[C@@H](OC(C)=O)[C@@H](O)[C@H]4O)c(O)cc4c(=O)oc1c2c34. The highest BCUT2D eigenvalue weighted by atomic mass is 16.7. The molecule has 0 saturated carbocycles. The highest BCUT2D eigenvalue weighted by molar-refractivity contribution is 6.22.